The molecule has 2 N–H and O–H groups in total. The van der Waals surface area contributed by atoms with E-state index >= 15 is 0 Å². The molecule has 0 spiro atoms. The van der Waals surface area contributed by atoms with Gasteiger partial charge in [-0.1, -0.05) is 11.6 Å². The third-order valence-electron chi connectivity index (χ3n) is 3.17. The van der Waals surface area contributed by atoms with Crippen LogP contribution in [0.4, 0.5) is 0 Å². The van der Waals surface area contributed by atoms with E-state index in [1.54, 1.807) is 18.2 Å². The van der Waals surface area contributed by atoms with Gasteiger partial charge in [0.15, 0.2) is 6.61 Å². The molecular formula is C14H18ClNO4. The molecule has 20 heavy (non-hydrogen) atoms. The molecule has 1 aliphatic heterocycles. The van der Waals surface area contributed by atoms with Crippen LogP contribution in [-0.4, -0.2) is 43.0 Å². The summed E-state index contributed by atoms with van der Waals surface area (Å²) in [6.45, 7) is 2.56. The summed E-state index contributed by atoms with van der Waals surface area (Å²) in [6.07, 6.45) is -0.0580. The van der Waals surface area contributed by atoms with Crippen LogP contribution in [0.5, 0.6) is 5.75 Å². The zero-order chi connectivity index (χ0) is 14.5. The van der Waals surface area contributed by atoms with Crippen molar-refractivity contribution in [3.05, 3.63) is 28.8 Å². The standard InChI is InChI=1S/C14H18ClNO4/c1-9-6-10(15)2-3-13(9)20-8-14(18)16-11-4-5-19-7-12(11)17/h2-3,6,11-12,17H,4-5,7-8H2,1H3,(H,16,18)/t11-,12-/m1/s1. The lowest BCUT2D eigenvalue weighted by molar-refractivity contribution is -0.126. The molecule has 6 heteroatoms. The van der Waals surface area contributed by atoms with Gasteiger partial charge in [0.05, 0.1) is 18.8 Å². The van der Waals surface area contributed by atoms with E-state index in [1.807, 2.05) is 6.92 Å². The molecule has 0 unspecified atom stereocenters. The quantitative estimate of drug-likeness (QED) is 0.879. The van der Waals surface area contributed by atoms with Crippen LogP contribution in [0, 0.1) is 6.92 Å². The van der Waals surface area contributed by atoms with Crippen molar-refractivity contribution in [3.63, 3.8) is 0 Å². The Hall–Kier alpha value is -1.30. The lowest BCUT2D eigenvalue weighted by Gasteiger charge is -2.28. The molecule has 1 aliphatic rings. The van der Waals surface area contributed by atoms with E-state index in [-0.39, 0.29) is 25.2 Å². The Balaban J connectivity index is 1.82. The number of carbonyl (C=O) groups excluding carboxylic acids is 1. The normalized spacial score (nSPS) is 22.4. The molecule has 1 fully saturated rings. The molecule has 0 saturated carbocycles. The molecule has 2 rings (SSSR count). The van der Waals surface area contributed by atoms with Crippen molar-refractivity contribution in [1.29, 1.82) is 0 Å². The van der Waals surface area contributed by atoms with Crippen molar-refractivity contribution in [1.82, 2.24) is 5.32 Å². The summed E-state index contributed by atoms with van der Waals surface area (Å²) in [5.41, 5.74) is 0.872. The maximum atomic E-state index is 11.8. The van der Waals surface area contributed by atoms with Crippen molar-refractivity contribution in [2.24, 2.45) is 0 Å². The Bertz CT molecular complexity index is 480. The van der Waals surface area contributed by atoms with Crippen molar-refractivity contribution in [2.45, 2.75) is 25.5 Å². The van der Waals surface area contributed by atoms with Gasteiger partial charge < -0.3 is 19.9 Å². The molecule has 1 amide bonds. The smallest absolute Gasteiger partial charge is 0.258 e. The second kappa shape index (κ2) is 6.92. The van der Waals surface area contributed by atoms with Crippen LogP contribution in [0.25, 0.3) is 0 Å². The molecule has 0 radical (unpaired) electrons. The molecule has 110 valence electrons. The summed E-state index contributed by atoms with van der Waals surface area (Å²) in [7, 11) is 0. The third kappa shape index (κ3) is 4.10. The number of amides is 1. The summed E-state index contributed by atoms with van der Waals surface area (Å²) in [4.78, 5) is 11.8. The predicted octanol–water partition coefficient (Wildman–Crippen LogP) is 1.29. The van der Waals surface area contributed by atoms with Crippen LogP contribution in [-0.2, 0) is 9.53 Å². The number of halogens is 1. The van der Waals surface area contributed by atoms with Gasteiger partial charge in [-0.15, -0.1) is 0 Å². The van der Waals surface area contributed by atoms with Crippen molar-refractivity contribution in [2.75, 3.05) is 19.8 Å². The molecule has 2 atom stereocenters. The molecule has 1 heterocycles. The highest BCUT2D eigenvalue weighted by atomic mass is 35.5. The lowest BCUT2D eigenvalue weighted by Crippen LogP contribution is -2.49. The highest BCUT2D eigenvalue weighted by molar-refractivity contribution is 6.30. The van der Waals surface area contributed by atoms with Crippen molar-refractivity contribution in [3.8, 4) is 5.75 Å². The highest BCUT2D eigenvalue weighted by Gasteiger charge is 2.25. The maximum Gasteiger partial charge on any atom is 0.258 e. The Labute approximate surface area is 122 Å². The maximum absolute atomic E-state index is 11.8. The van der Waals surface area contributed by atoms with Gasteiger partial charge in [0, 0.05) is 11.6 Å². The number of nitrogens with one attached hydrogen (secondary N) is 1. The largest absolute Gasteiger partial charge is 0.484 e. The monoisotopic (exact) mass is 299 g/mol. The minimum Gasteiger partial charge on any atom is -0.484 e. The van der Waals surface area contributed by atoms with E-state index in [2.05, 4.69) is 5.32 Å². The molecule has 1 aromatic carbocycles. The number of ether oxygens (including phenoxy) is 2. The topological polar surface area (TPSA) is 67.8 Å². The number of aliphatic hydroxyl groups excluding tert-OH is 1. The summed E-state index contributed by atoms with van der Waals surface area (Å²) in [5.74, 6) is 0.363. The van der Waals surface area contributed by atoms with Gasteiger partial charge in [-0.05, 0) is 37.1 Å². The zero-order valence-electron chi connectivity index (χ0n) is 11.3. The van der Waals surface area contributed by atoms with E-state index in [0.29, 0.717) is 23.8 Å². The first-order chi connectivity index (χ1) is 9.56. The fourth-order valence-electron chi connectivity index (χ4n) is 2.06. The summed E-state index contributed by atoms with van der Waals surface area (Å²) in [5, 5.41) is 13.1. The van der Waals surface area contributed by atoms with Crippen LogP contribution in [0.2, 0.25) is 5.02 Å². The molecule has 0 bridgehead atoms. The van der Waals surface area contributed by atoms with E-state index < -0.39 is 6.10 Å². The van der Waals surface area contributed by atoms with Crippen LogP contribution < -0.4 is 10.1 Å². The van der Waals surface area contributed by atoms with E-state index in [0.717, 1.165) is 5.56 Å². The minimum atomic E-state index is -0.662. The Kier molecular flexibility index (Phi) is 5.23. The van der Waals surface area contributed by atoms with Crippen LogP contribution in [0.3, 0.4) is 0 Å². The van der Waals surface area contributed by atoms with Crippen molar-refractivity contribution >= 4 is 17.5 Å². The van der Waals surface area contributed by atoms with E-state index in [1.165, 1.54) is 0 Å². The SMILES string of the molecule is Cc1cc(Cl)ccc1OCC(=O)N[C@@H]1CCOC[C@H]1O. The number of aryl methyl sites for hydroxylation is 1. The Morgan fingerprint density at radius 2 is 2.40 bits per heavy atom. The average molecular weight is 300 g/mol. The second-order valence-electron chi connectivity index (χ2n) is 4.80. The number of hydrogen-bond acceptors (Lipinski definition) is 4. The van der Waals surface area contributed by atoms with E-state index in [4.69, 9.17) is 21.1 Å². The van der Waals surface area contributed by atoms with Gasteiger partial charge in [0.2, 0.25) is 0 Å². The molecule has 1 aromatic rings. The molecule has 0 aromatic heterocycles. The number of aliphatic hydroxyl groups is 1. The van der Waals surface area contributed by atoms with Crippen LogP contribution in [0.1, 0.15) is 12.0 Å². The number of benzene rings is 1. The molecule has 1 saturated heterocycles. The summed E-state index contributed by atoms with van der Waals surface area (Å²) < 4.78 is 10.6. The van der Waals surface area contributed by atoms with Gasteiger partial charge >= 0.3 is 0 Å². The van der Waals surface area contributed by atoms with Gasteiger partial charge in [-0.25, -0.2) is 0 Å². The minimum absolute atomic E-state index is 0.0907. The first-order valence-corrected chi connectivity index (χ1v) is 6.88. The third-order valence-corrected chi connectivity index (χ3v) is 3.40. The van der Waals surface area contributed by atoms with Crippen LogP contribution >= 0.6 is 11.6 Å². The average Bonchev–Trinajstić information content (AvgIpc) is 2.40. The Morgan fingerprint density at radius 3 is 3.10 bits per heavy atom. The zero-order valence-corrected chi connectivity index (χ0v) is 12.0. The van der Waals surface area contributed by atoms with Gasteiger partial charge in [-0.3, -0.25) is 4.79 Å². The first kappa shape index (κ1) is 15.1. The predicted molar refractivity (Wildman–Crippen MR) is 75.1 cm³/mol. The number of rotatable bonds is 4. The number of carbonyl (C=O) groups is 1. The highest BCUT2D eigenvalue weighted by Crippen LogP contribution is 2.21. The summed E-state index contributed by atoms with van der Waals surface area (Å²) >= 11 is 5.85. The van der Waals surface area contributed by atoms with Gasteiger partial charge in [0.1, 0.15) is 5.75 Å². The van der Waals surface area contributed by atoms with Crippen molar-refractivity contribution < 1.29 is 19.4 Å². The van der Waals surface area contributed by atoms with Gasteiger partial charge in [0.25, 0.3) is 5.91 Å². The number of hydrogen-bond donors (Lipinski definition) is 2. The summed E-state index contributed by atoms with van der Waals surface area (Å²) in [6, 6.07) is 4.95. The fourth-order valence-corrected chi connectivity index (χ4v) is 2.28. The van der Waals surface area contributed by atoms with Gasteiger partial charge in [-0.2, -0.15) is 0 Å². The molecular weight excluding hydrogens is 282 g/mol. The lowest BCUT2D eigenvalue weighted by atomic mass is 10.1. The van der Waals surface area contributed by atoms with E-state index in [9.17, 15) is 9.90 Å². The second-order valence-corrected chi connectivity index (χ2v) is 5.24. The Morgan fingerprint density at radius 1 is 1.60 bits per heavy atom. The molecule has 5 nitrogen and oxygen atoms in total. The first-order valence-electron chi connectivity index (χ1n) is 6.50. The molecule has 0 aliphatic carbocycles. The fraction of sp³-hybridized carbons (Fsp3) is 0.500. The van der Waals surface area contributed by atoms with Crippen LogP contribution in [0.15, 0.2) is 18.2 Å².